The van der Waals surface area contributed by atoms with E-state index >= 15 is 0 Å². The third-order valence-corrected chi connectivity index (χ3v) is 7.74. The molecule has 0 spiro atoms. The first-order valence-corrected chi connectivity index (χ1v) is 12.9. The zero-order valence-corrected chi connectivity index (χ0v) is 21.1. The Balaban J connectivity index is 1.47. The van der Waals surface area contributed by atoms with Crippen LogP contribution in [0.4, 0.5) is 21.6 Å². The number of fused-ring (bicyclic) bond motifs is 1. The smallest absolute Gasteiger partial charge is 0.262 e. The summed E-state index contributed by atoms with van der Waals surface area (Å²) < 4.78 is 41.5. The molecule has 9 heteroatoms. The van der Waals surface area contributed by atoms with Crippen LogP contribution in [-0.2, 0) is 11.3 Å². The monoisotopic (exact) mass is 524 g/mol. The molecule has 0 radical (unpaired) electrons. The average Bonchev–Trinajstić information content (AvgIpc) is 3.76. The van der Waals surface area contributed by atoms with Gasteiger partial charge in [-0.05, 0) is 61.3 Å². The first kappa shape index (κ1) is 20.6. The fourth-order valence-corrected chi connectivity index (χ4v) is 5.46. The van der Waals surface area contributed by atoms with Crippen molar-refractivity contribution in [1.82, 2.24) is 9.78 Å². The maximum Gasteiger partial charge on any atom is 0.262 e. The van der Waals surface area contributed by atoms with E-state index in [0.29, 0.717) is 40.7 Å². The second kappa shape index (κ2) is 9.17. The van der Waals surface area contributed by atoms with E-state index in [0.717, 1.165) is 49.7 Å². The molecule has 1 aromatic heterocycles. The molecule has 3 aliphatic rings. The Kier molecular flexibility index (Phi) is 5.12. The highest BCUT2D eigenvalue weighted by atomic mass is 35.5. The molecule has 2 amide bonds. The van der Waals surface area contributed by atoms with Gasteiger partial charge in [-0.25, -0.2) is 4.39 Å². The first-order chi connectivity index (χ1) is 19.0. The summed E-state index contributed by atoms with van der Waals surface area (Å²) in [6.45, 7) is 0.693. The van der Waals surface area contributed by atoms with Crippen LogP contribution in [0.15, 0.2) is 42.5 Å². The molecule has 2 saturated carbocycles. The molecular weight excluding hydrogens is 493 g/mol. The van der Waals surface area contributed by atoms with Gasteiger partial charge in [0.05, 0.1) is 27.7 Å². The Morgan fingerprint density at radius 1 is 1.22 bits per heavy atom. The summed E-state index contributed by atoms with van der Waals surface area (Å²) in [5.74, 6) is -0.141. The molecule has 0 bridgehead atoms. The van der Waals surface area contributed by atoms with Crippen LogP contribution in [0.25, 0.3) is 11.3 Å². The minimum atomic E-state index is -2.91. The zero-order chi connectivity index (χ0) is 28.3. The van der Waals surface area contributed by atoms with Gasteiger partial charge >= 0.3 is 0 Å². The maximum absolute atomic E-state index is 14.8. The van der Waals surface area contributed by atoms with Crippen molar-refractivity contribution in [2.75, 3.05) is 35.2 Å². The van der Waals surface area contributed by atoms with Crippen LogP contribution in [0.3, 0.4) is 0 Å². The first-order valence-electron chi connectivity index (χ1n) is 14.0. The van der Waals surface area contributed by atoms with Crippen LogP contribution in [0.2, 0.25) is 5.02 Å². The lowest BCUT2D eigenvalue weighted by Crippen LogP contribution is -2.31. The summed E-state index contributed by atoms with van der Waals surface area (Å²) in [7, 11) is 0. The predicted molar refractivity (Wildman–Crippen MR) is 143 cm³/mol. The van der Waals surface area contributed by atoms with Gasteiger partial charge in [0.1, 0.15) is 5.82 Å². The van der Waals surface area contributed by atoms with Crippen LogP contribution in [0.1, 0.15) is 40.7 Å². The van der Waals surface area contributed by atoms with Crippen LogP contribution in [-0.4, -0.2) is 41.7 Å². The Morgan fingerprint density at radius 2 is 2.00 bits per heavy atom. The fraction of sp³-hybridized carbons (Fsp3) is 0.393. The van der Waals surface area contributed by atoms with Gasteiger partial charge in [-0.2, -0.15) is 5.10 Å². The van der Waals surface area contributed by atoms with Crippen molar-refractivity contribution in [2.24, 2.45) is 17.8 Å². The summed E-state index contributed by atoms with van der Waals surface area (Å²) in [6.07, 6.45) is 3.36. The molecule has 1 saturated heterocycles. The lowest BCUT2D eigenvalue weighted by Gasteiger charge is -2.28. The van der Waals surface area contributed by atoms with Gasteiger partial charge in [-0.15, -0.1) is 0 Å². The minimum Gasteiger partial charge on any atom is -0.369 e. The third-order valence-electron chi connectivity index (χ3n) is 7.42. The Morgan fingerprint density at radius 3 is 2.68 bits per heavy atom. The summed E-state index contributed by atoms with van der Waals surface area (Å²) in [4.78, 5) is 28.2. The van der Waals surface area contributed by atoms with Crippen molar-refractivity contribution in [1.29, 1.82) is 0 Å². The molecule has 2 aromatic carbocycles. The largest absolute Gasteiger partial charge is 0.369 e. The molecule has 2 aliphatic carbocycles. The number of carbonyl (C=O) groups is 2. The number of anilines is 3. The van der Waals surface area contributed by atoms with E-state index in [9.17, 15) is 14.0 Å². The Bertz CT molecular complexity index is 1480. The highest BCUT2D eigenvalue weighted by Crippen LogP contribution is 2.48. The van der Waals surface area contributed by atoms with E-state index in [1.807, 2.05) is 10.7 Å². The number of carbonyl (C=O) groups excluding carboxylic acids is 2. The van der Waals surface area contributed by atoms with E-state index in [-0.39, 0.29) is 16.6 Å². The van der Waals surface area contributed by atoms with Gasteiger partial charge in [0.15, 0.2) is 5.82 Å². The molecule has 7 nitrogen and oxygen atoms in total. The standard InChI is InChI=1S/C28H29ClFN5O2/c1-16(36)31-26-12-24(35(32-26)13-17-6-7-17)18-8-9-23(25(11-18)34-14-19-10-20(19)15-34)33(2)28(37)27-21(29)4-3-5-22(27)30/h3-5,8-9,11-12,17,19-20H,6-7,10,13-15H2,1-2H3,(H,31,32,36)/i2D3. The Hall–Kier alpha value is -3.39. The molecule has 2 unspecified atom stereocenters. The predicted octanol–water partition coefficient (Wildman–Crippen LogP) is 5.44. The lowest BCUT2D eigenvalue weighted by molar-refractivity contribution is -0.114. The summed E-state index contributed by atoms with van der Waals surface area (Å²) in [5.41, 5.74) is 1.79. The molecule has 192 valence electrons. The van der Waals surface area contributed by atoms with Crippen molar-refractivity contribution in [3.63, 3.8) is 0 Å². The number of piperidine rings is 1. The molecule has 3 aromatic rings. The fourth-order valence-electron chi connectivity index (χ4n) is 5.22. The van der Waals surface area contributed by atoms with Crippen molar-refractivity contribution >= 4 is 40.6 Å². The molecule has 1 aliphatic heterocycles. The Labute approximate surface area is 224 Å². The molecular formula is C28H29ClFN5O2. The van der Waals surface area contributed by atoms with Gasteiger partial charge < -0.3 is 15.1 Å². The molecule has 2 atom stereocenters. The summed E-state index contributed by atoms with van der Waals surface area (Å²) >= 11 is 6.18. The number of rotatable bonds is 7. The van der Waals surface area contributed by atoms with Crippen molar-refractivity contribution in [3.05, 3.63) is 58.9 Å². The maximum atomic E-state index is 14.8. The summed E-state index contributed by atoms with van der Waals surface area (Å²) in [5, 5.41) is 7.19. The molecule has 1 N–H and O–H groups in total. The van der Waals surface area contributed by atoms with Gasteiger partial charge in [0.2, 0.25) is 5.91 Å². The van der Waals surface area contributed by atoms with Crippen LogP contribution in [0, 0.1) is 23.6 Å². The number of hydrogen-bond donors (Lipinski definition) is 1. The molecule has 3 fully saturated rings. The lowest BCUT2D eigenvalue weighted by atomic mass is 10.1. The third kappa shape index (κ3) is 4.70. The van der Waals surface area contributed by atoms with E-state index in [2.05, 4.69) is 15.3 Å². The SMILES string of the molecule is [2H]C([2H])([2H])N(C(=O)c1c(F)cccc1Cl)c1ccc(-c2cc(NC(C)=O)nn2CC2CC2)cc1N1CC2CC2C1. The quantitative estimate of drug-likeness (QED) is 0.446. The zero-order valence-electron chi connectivity index (χ0n) is 23.4. The van der Waals surface area contributed by atoms with E-state index in [4.69, 9.17) is 15.7 Å². The molecule has 2 heterocycles. The minimum absolute atomic E-state index is 0.157. The van der Waals surface area contributed by atoms with Gasteiger partial charge in [-0.1, -0.05) is 23.7 Å². The number of nitrogens with one attached hydrogen (secondary N) is 1. The number of hydrogen-bond acceptors (Lipinski definition) is 4. The van der Waals surface area contributed by atoms with Gasteiger partial charge in [0.25, 0.3) is 5.91 Å². The number of amides is 2. The molecule has 37 heavy (non-hydrogen) atoms. The van der Waals surface area contributed by atoms with Crippen molar-refractivity contribution in [3.8, 4) is 11.3 Å². The number of halogens is 2. The van der Waals surface area contributed by atoms with Gasteiger partial charge in [0, 0.05) is 49.3 Å². The van der Waals surface area contributed by atoms with Crippen LogP contribution < -0.4 is 15.1 Å². The second-order valence-electron chi connectivity index (χ2n) is 10.3. The number of nitrogens with zero attached hydrogens (tertiary/aromatic N) is 4. The average molecular weight is 525 g/mol. The van der Waals surface area contributed by atoms with E-state index in [1.54, 1.807) is 18.2 Å². The summed E-state index contributed by atoms with van der Waals surface area (Å²) in [6, 6.07) is 10.8. The second-order valence-corrected chi connectivity index (χ2v) is 10.7. The van der Waals surface area contributed by atoms with E-state index < -0.39 is 24.3 Å². The van der Waals surface area contributed by atoms with E-state index in [1.165, 1.54) is 19.1 Å². The highest BCUT2D eigenvalue weighted by Gasteiger charge is 2.45. The van der Waals surface area contributed by atoms with Crippen LogP contribution >= 0.6 is 11.6 Å². The molecule has 6 rings (SSSR count). The number of benzene rings is 2. The van der Waals surface area contributed by atoms with Crippen molar-refractivity contribution in [2.45, 2.75) is 32.7 Å². The normalized spacial score (nSPS) is 21.6. The van der Waals surface area contributed by atoms with Crippen molar-refractivity contribution < 1.29 is 18.1 Å². The highest BCUT2D eigenvalue weighted by molar-refractivity contribution is 6.34. The van der Waals surface area contributed by atoms with Gasteiger partial charge in [-0.3, -0.25) is 14.3 Å². The van der Waals surface area contributed by atoms with Crippen LogP contribution in [0.5, 0.6) is 0 Å². The topological polar surface area (TPSA) is 70.5 Å². The number of aromatic nitrogens is 2.